The third-order valence-electron chi connectivity index (χ3n) is 6.71. The van der Waals surface area contributed by atoms with Crippen molar-refractivity contribution in [2.45, 2.75) is 13.8 Å². The third-order valence-corrected chi connectivity index (χ3v) is 6.71. The monoisotopic (exact) mass is 439 g/mol. The van der Waals surface area contributed by atoms with Crippen molar-refractivity contribution in [2.24, 2.45) is 11.8 Å². The van der Waals surface area contributed by atoms with Gasteiger partial charge in [0.2, 0.25) is 5.95 Å². The van der Waals surface area contributed by atoms with Gasteiger partial charge >= 0.3 is 0 Å². The summed E-state index contributed by atoms with van der Waals surface area (Å²) in [6.07, 6.45) is 1.69. The Kier molecular flexibility index (Phi) is 4.60. The minimum Gasteiger partial charge on any atom is -0.340 e. The Bertz CT molecular complexity index is 1320. The molecule has 0 aliphatic carbocycles. The van der Waals surface area contributed by atoms with Gasteiger partial charge in [0.05, 0.1) is 5.56 Å². The number of carbonyl (C=O) groups excluding carboxylic acids is 1. The normalized spacial score (nSPS) is 19.9. The third kappa shape index (κ3) is 3.42. The van der Waals surface area contributed by atoms with Crippen LogP contribution in [0.5, 0.6) is 0 Å². The summed E-state index contributed by atoms with van der Waals surface area (Å²) in [6, 6.07) is 15.6. The lowest BCUT2D eigenvalue weighted by Crippen LogP contribution is -2.34. The number of benzene rings is 1. The first kappa shape index (κ1) is 19.8. The number of amides is 1. The van der Waals surface area contributed by atoms with Gasteiger partial charge in [0.15, 0.2) is 0 Å². The summed E-state index contributed by atoms with van der Waals surface area (Å²) in [7, 11) is 0. The first-order chi connectivity index (χ1) is 16.1. The lowest BCUT2D eigenvalue weighted by atomic mass is 10.0. The number of fused-ring (bicyclic) bond motifs is 2. The Morgan fingerprint density at radius 1 is 0.909 bits per heavy atom. The molecule has 4 aromatic rings. The Hall–Kier alpha value is -3.81. The van der Waals surface area contributed by atoms with Gasteiger partial charge in [0.25, 0.3) is 5.91 Å². The Morgan fingerprint density at radius 2 is 1.61 bits per heavy atom. The number of anilines is 1. The molecule has 8 nitrogen and oxygen atoms in total. The number of aromatic nitrogens is 5. The van der Waals surface area contributed by atoms with Crippen molar-refractivity contribution in [3.8, 4) is 11.3 Å². The van der Waals surface area contributed by atoms with Gasteiger partial charge in [0.1, 0.15) is 11.2 Å². The molecule has 2 aliphatic rings. The van der Waals surface area contributed by atoms with Gasteiger partial charge in [-0.2, -0.15) is 9.73 Å². The van der Waals surface area contributed by atoms with E-state index in [1.165, 1.54) is 0 Å². The van der Waals surface area contributed by atoms with Crippen molar-refractivity contribution in [3.05, 3.63) is 71.7 Å². The molecule has 0 radical (unpaired) electrons. The maximum Gasteiger partial charge on any atom is 0.258 e. The number of hydrogen-bond acceptors (Lipinski definition) is 6. The summed E-state index contributed by atoms with van der Waals surface area (Å²) in [5, 5.41) is 8.98. The highest BCUT2D eigenvalue weighted by Crippen LogP contribution is 2.35. The van der Waals surface area contributed by atoms with Crippen LogP contribution in [0.4, 0.5) is 5.95 Å². The van der Waals surface area contributed by atoms with Gasteiger partial charge < -0.3 is 9.80 Å². The van der Waals surface area contributed by atoms with E-state index in [0.29, 0.717) is 23.1 Å². The Morgan fingerprint density at radius 3 is 2.30 bits per heavy atom. The second-order valence-corrected chi connectivity index (χ2v) is 9.07. The minimum atomic E-state index is 0.0282. The zero-order chi connectivity index (χ0) is 22.5. The van der Waals surface area contributed by atoms with E-state index in [0.717, 1.165) is 54.6 Å². The SMILES string of the molecule is Cc1cc(C)nc(N2CC3CN(C(=O)c4c(-c5ccccc5)nn5ncccc45)CC3C2)n1. The highest BCUT2D eigenvalue weighted by atomic mass is 16.2. The van der Waals surface area contributed by atoms with Crippen molar-refractivity contribution >= 4 is 17.4 Å². The van der Waals surface area contributed by atoms with Crippen LogP contribution in [-0.4, -0.2) is 61.8 Å². The molecule has 0 N–H and O–H groups in total. The molecule has 0 bridgehead atoms. The number of nitrogens with zero attached hydrogens (tertiary/aromatic N) is 7. The molecule has 2 unspecified atom stereocenters. The van der Waals surface area contributed by atoms with E-state index in [1.54, 1.807) is 10.8 Å². The van der Waals surface area contributed by atoms with Gasteiger partial charge in [-0.05, 0) is 32.0 Å². The molecule has 33 heavy (non-hydrogen) atoms. The van der Waals surface area contributed by atoms with Crippen LogP contribution in [0.2, 0.25) is 0 Å². The quantitative estimate of drug-likeness (QED) is 0.488. The highest BCUT2D eigenvalue weighted by Gasteiger charge is 2.43. The van der Waals surface area contributed by atoms with Crippen molar-refractivity contribution < 1.29 is 4.79 Å². The molecule has 5 heterocycles. The summed E-state index contributed by atoms with van der Waals surface area (Å²) in [6.45, 7) is 7.22. The molecule has 0 saturated carbocycles. The van der Waals surface area contributed by atoms with Crippen molar-refractivity contribution in [3.63, 3.8) is 0 Å². The first-order valence-corrected chi connectivity index (χ1v) is 11.3. The Labute approximate surface area is 191 Å². The Balaban J connectivity index is 1.27. The number of aryl methyl sites for hydroxylation is 2. The number of likely N-dealkylation sites (tertiary alicyclic amines) is 1. The number of rotatable bonds is 3. The summed E-state index contributed by atoms with van der Waals surface area (Å²) in [5.74, 6) is 1.66. The predicted molar refractivity (Wildman–Crippen MR) is 125 cm³/mol. The fourth-order valence-electron chi connectivity index (χ4n) is 5.23. The predicted octanol–water partition coefficient (Wildman–Crippen LogP) is 3.01. The molecule has 2 atom stereocenters. The van der Waals surface area contributed by atoms with Gasteiger partial charge in [0, 0.05) is 61.2 Å². The number of carbonyl (C=O) groups is 1. The molecule has 2 saturated heterocycles. The van der Waals surface area contributed by atoms with E-state index < -0.39 is 0 Å². The van der Waals surface area contributed by atoms with E-state index in [4.69, 9.17) is 0 Å². The molecule has 1 aromatic carbocycles. The second kappa shape index (κ2) is 7.65. The van der Waals surface area contributed by atoms with E-state index in [9.17, 15) is 4.79 Å². The van der Waals surface area contributed by atoms with E-state index in [2.05, 4.69) is 25.1 Å². The number of hydrogen-bond donors (Lipinski definition) is 0. The molecule has 6 rings (SSSR count). The smallest absolute Gasteiger partial charge is 0.258 e. The molecule has 0 spiro atoms. The summed E-state index contributed by atoms with van der Waals surface area (Å²) in [4.78, 5) is 27.3. The van der Waals surface area contributed by atoms with Crippen LogP contribution in [0.3, 0.4) is 0 Å². The van der Waals surface area contributed by atoms with Crippen molar-refractivity contribution in [2.75, 3.05) is 31.1 Å². The van der Waals surface area contributed by atoms with Crippen molar-refractivity contribution in [1.29, 1.82) is 0 Å². The molecule has 1 amide bonds. The van der Waals surface area contributed by atoms with Crippen LogP contribution in [-0.2, 0) is 0 Å². The largest absolute Gasteiger partial charge is 0.340 e. The standard InChI is InChI=1S/C25H25N7O/c1-16-11-17(2)28-25(27-16)31-14-19-12-30(13-20(19)15-31)24(33)22-21-9-6-10-26-32(21)29-23(22)18-7-4-3-5-8-18/h3-11,19-20H,12-15H2,1-2H3. The average molecular weight is 440 g/mol. The van der Waals surface area contributed by atoms with Gasteiger partial charge in [-0.3, -0.25) is 4.79 Å². The highest BCUT2D eigenvalue weighted by molar-refractivity contribution is 6.06. The van der Waals surface area contributed by atoms with Crippen LogP contribution in [0.25, 0.3) is 16.8 Å². The van der Waals surface area contributed by atoms with Crippen LogP contribution < -0.4 is 4.90 Å². The zero-order valence-electron chi connectivity index (χ0n) is 18.7. The molecular formula is C25H25N7O. The van der Waals surface area contributed by atoms with Crippen molar-refractivity contribution in [1.82, 2.24) is 29.7 Å². The lowest BCUT2D eigenvalue weighted by molar-refractivity contribution is 0.0785. The molecule has 166 valence electrons. The van der Waals surface area contributed by atoms with E-state index in [1.807, 2.05) is 67.3 Å². The van der Waals surface area contributed by atoms with Crippen LogP contribution >= 0.6 is 0 Å². The van der Waals surface area contributed by atoms with E-state index in [-0.39, 0.29) is 5.91 Å². The zero-order valence-corrected chi connectivity index (χ0v) is 18.7. The minimum absolute atomic E-state index is 0.0282. The van der Waals surface area contributed by atoms with Gasteiger partial charge in [-0.25, -0.2) is 9.97 Å². The maximum atomic E-state index is 13.8. The topological polar surface area (TPSA) is 79.5 Å². The second-order valence-electron chi connectivity index (χ2n) is 9.07. The summed E-state index contributed by atoms with van der Waals surface area (Å²) < 4.78 is 1.56. The van der Waals surface area contributed by atoms with E-state index >= 15 is 0 Å². The van der Waals surface area contributed by atoms with Crippen LogP contribution in [0.1, 0.15) is 21.7 Å². The molecular weight excluding hydrogens is 414 g/mol. The fraction of sp³-hybridized carbons (Fsp3) is 0.320. The summed E-state index contributed by atoms with van der Waals surface area (Å²) in [5.41, 5.74) is 4.95. The van der Waals surface area contributed by atoms with Crippen LogP contribution in [0, 0.1) is 25.7 Å². The molecule has 3 aromatic heterocycles. The van der Waals surface area contributed by atoms with Crippen LogP contribution in [0.15, 0.2) is 54.7 Å². The fourth-order valence-corrected chi connectivity index (χ4v) is 5.23. The lowest BCUT2D eigenvalue weighted by Gasteiger charge is -2.22. The molecule has 2 aliphatic heterocycles. The van der Waals surface area contributed by atoms with Gasteiger partial charge in [-0.1, -0.05) is 30.3 Å². The van der Waals surface area contributed by atoms with Gasteiger partial charge in [-0.15, -0.1) is 5.10 Å². The molecule has 8 heteroatoms. The summed E-state index contributed by atoms with van der Waals surface area (Å²) >= 11 is 0. The molecule has 2 fully saturated rings. The first-order valence-electron chi connectivity index (χ1n) is 11.3. The maximum absolute atomic E-state index is 13.8. The average Bonchev–Trinajstić information content (AvgIpc) is 3.50.